The second kappa shape index (κ2) is 6.36. The van der Waals surface area contributed by atoms with E-state index in [4.69, 9.17) is 5.11 Å². The number of carbonyl (C=O) groups is 2. The van der Waals surface area contributed by atoms with Gasteiger partial charge in [0.15, 0.2) is 0 Å². The van der Waals surface area contributed by atoms with Crippen molar-refractivity contribution in [1.29, 1.82) is 0 Å². The van der Waals surface area contributed by atoms with Crippen LogP contribution < -0.4 is 6.15 Å². The minimum absolute atomic E-state index is 0. The first-order chi connectivity index (χ1) is 7.11. The van der Waals surface area contributed by atoms with E-state index in [0.717, 1.165) is 6.92 Å². The standard InChI is InChI=1S/C8H7N.C3H4O3.H3N/c1-2-4-8-7(3-1)5-6-9-8;1-2(4)3(5)6;/h1-6,9H;1H3,(H,5,6);1H3. The summed E-state index contributed by atoms with van der Waals surface area (Å²) in [6.07, 6.45) is 1.95. The van der Waals surface area contributed by atoms with Crippen LogP contribution in [0, 0.1) is 0 Å². The Morgan fingerprint density at radius 2 is 1.75 bits per heavy atom. The first kappa shape index (κ1) is 13.9. The number of nitrogens with one attached hydrogen (secondary N) is 1. The largest absolute Gasteiger partial charge is 0.476 e. The summed E-state index contributed by atoms with van der Waals surface area (Å²) in [5.41, 5.74) is 1.21. The number of hydrogen-bond donors (Lipinski definition) is 3. The topological polar surface area (TPSA) is 105 Å². The summed E-state index contributed by atoms with van der Waals surface area (Å²) in [5.74, 6) is -2.20. The van der Waals surface area contributed by atoms with Gasteiger partial charge in [-0.3, -0.25) is 4.79 Å². The van der Waals surface area contributed by atoms with E-state index in [2.05, 4.69) is 23.2 Å². The molecule has 0 aliphatic carbocycles. The number of hydrogen-bond acceptors (Lipinski definition) is 3. The van der Waals surface area contributed by atoms with Gasteiger partial charge in [-0.1, -0.05) is 18.2 Å². The Balaban J connectivity index is 0.000000289. The maximum absolute atomic E-state index is 9.54. The molecule has 1 heterocycles. The lowest BCUT2D eigenvalue weighted by atomic mass is 10.3. The normalized spacial score (nSPS) is 8.56. The van der Waals surface area contributed by atoms with E-state index in [0.29, 0.717) is 0 Å². The zero-order valence-electron chi connectivity index (χ0n) is 8.93. The monoisotopic (exact) mass is 222 g/mol. The van der Waals surface area contributed by atoms with E-state index in [-0.39, 0.29) is 6.15 Å². The fourth-order valence-corrected chi connectivity index (χ4v) is 0.995. The van der Waals surface area contributed by atoms with E-state index in [1.807, 2.05) is 18.3 Å². The number of H-pyrrole nitrogens is 1. The molecule has 0 aliphatic heterocycles. The smallest absolute Gasteiger partial charge is 0.371 e. The van der Waals surface area contributed by atoms with Crippen molar-refractivity contribution in [2.24, 2.45) is 0 Å². The van der Waals surface area contributed by atoms with Gasteiger partial charge in [0.05, 0.1) is 0 Å². The highest BCUT2D eigenvalue weighted by Gasteiger charge is 1.98. The molecule has 0 aliphatic rings. The number of aliphatic carboxylic acids is 1. The molecule has 0 spiro atoms. The van der Waals surface area contributed by atoms with Crippen molar-refractivity contribution < 1.29 is 14.7 Å². The molecule has 0 saturated heterocycles. The van der Waals surface area contributed by atoms with Crippen LogP contribution in [0.25, 0.3) is 10.9 Å². The highest BCUT2D eigenvalue weighted by molar-refractivity contribution is 6.31. The van der Waals surface area contributed by atoms with Crippen LogP contribution in [0.3, 0.4) is 0 Å². The highest BCUT2D eigenvalue weighted by atomic mass is 16.4. The minimum Gasteiger partial charge on any atom is -0.476 e. The molecule has 0 saturated carbocycles. The highest BCUT2D eigenvalue weighted by Crippen LogP contribution is 2.09. The fraction of sp³-hybridized carbons (Fsp3) is 0.0909. The maximum atomic E-state index is 9.54. The number of ketones is 1. The number of fused-ring (bicyclic) bond motifs is 1. The molecule has 16 heavy (non-hydrogen) atoms. The second-order valence-electron chi connectivity index (χ2n) is 2.93. The molecular formula is C11H14N2O3. The fourth-order valence-electron chi connectivity index (χ4n) is 0.995. The molecule has 0 amide bonds. The number of para-hydroxylation sites is 1. The van der Waals surface area contributed by atoms with Crippen LogP contribution in [0.15, 0.2) is 36.5 Å². The van der Waals surface area contributed by atoms with Gasteiger partial charge in [0.25, 0.3) is 0 Å². The zero-order valence-corrected chi connectivity index (χ0v) is 8.93. The molecule has 0 fully saturated rings. The van der Waals surface area contributed by atoms with E-state index in [1.165, 1.54) is 10.9 Å². The second-order valence-corrected chi connectivity index (χ2v) is 2.93. The Morgan fingerprint density at radius 3 is 2.25 bits per heavy atom. The van der Waals surface area contributed by atoms with Gasteiger partial charge >= 0.3 is 5.97 Å². The zero-order chi connectivity index (χ0) is 11.3. The summed E-state index contributed by atoms with van der Waals surface area (Å²) in [6.45, 7) is 1.00. The average molecular weight is 222 g/mol. The quantitative estimate of drug-likeness (QED) is 0.641. The van der Waals surface area contributed by atoms with E-state index in [9.17, 15) is 9.59 Å². The molecule has 0 unspecified atom stereocenters. The van der Waals surface area contributed by atoms with Crippen LogP contribution in [-0.2, 0) is 9.59 Å². The number of carbonyl (C=O) groups excluding carboxylic acids is 1. The number of rotatable bonds is 1. The Hall–Kier alpha value is -2.14. The van der Waals surface area contributed by atoms with Gasteiger partial charge in [-0.15, -0.1) is 0 Å². The molecule has 0 atom stereocenters. The molecule has 1 aromatic heterocycles. The lowest BCUT2D eigenvalue weighted by Gasteiger charge is -1.83. The van der Waals surface area contributed by atoms with Crippen molar-refractivity contribution in [3.8, 4) is 0 Å². The number of carboxylic acids is 1. The van der Waals surface area contributed by atoms with Crippen molar-refractivity contribution in [2.45, 2.75) is 6.92 Å². The van der Waals surface area contributed by atoms with Crippen LogP contribution in [0.1, 0.15) is 6.92 Å². The first-order valence-corrected chi connectivity index (χ1v) is 4.37. The van der Waals surface area contributed by atoms with Crippen LogP contribution in [0.2, 0.25) is 0 Å². The molecule has 86 valence electrons. The number of aromatic amines is 1. The molecule has 5 N–H and O–H groups in total. The predicted octanol–water partition coefficient (Wildman–Crippen LogP) is 1.99. The van der Waals surface area contributed by atoms with Gasteiger partial charge in [-0.25, -0.2) is 4.79 Å². The SMILES string of the molecule is CC(=O)C(=O)O.N.c1ccc2[nH]ccc2c1. The van der Waals surface area contributed by atoms with Crippen LogP contribution >= 0.6 is 0 Å². The predicted molar refractivity (Wildman–Crippen MR) is 61.6 cm³/mol. The molecule has 2 aromatic rings. The molecular weight excluding hydrogens is 208 g/mol. The first-order valence-electron chi connectivity index (χ1n) is 4.37. The van der Waals surface area contributed by atoms with Crippen molar-refractivity contribution >= 4 is 22.7 Å². The van der Waals surface area contributed by atoms with E-state index in [1.54, 1.807) is 0 Å². The van der Waals surface area contributed by atoms with E-state index < -0.39 is 11.8 Å². The van der Waals surface area contributed by atoms with Crippen molar-refractivity contribution in [2.75, 3.05) is 0 Å². The van der Waals surface area contributed by atoms with Gasteiger partial charge in [0.1, 0.15) is 0 Å². The summed E-state index contributed by atoms with van der Waals surface area (Å²) in [4.78, 5) is 22.0. The Bertz CT molecular complexity index is 435. The summed E-state index contributed by atoms with van der Waals surface area (Å²) in [5, 5.41) is 8.92. The molecule has 2 rings (SSSR count). The number of carboxylic acid groups (broad SMARTS) is 1. The third-order valence-corrected chi connectivity index (χ3v) is 1.76. The number of Topliss-reactive ketones (excluding diaryl/α,β-unsaturated/α-hetero) is 1. The lowest BCUT2D eigenvalue weighted by Crippen LogP contribution is -2.05. The lowest BCUT2D eigenvalue weighted by molar-refractivity contribution is -0.148. The van der Waals surface area contributed by atoms with Crippen molar-refractivity contribution in [3.63, 3.8) is 0 Å². The van der Waals surface area contributed by atoms with Crippen LogP contribution in [0.5, 0.6) is 0 Å². The molecule has 0 radical (unpaired) electrons. The Kier molecular flexibility index (Phi) is 5.51. The van der Waals surface area contributed by atoms with E-state index >= 15 is 0 Å². The van der Waals surface area contributed by atoms with Gasteiger partial charge in [-0.2, -0.15) is 0 Å². The van der Waals surface area contributed by atoms with Crippen LogP contribution in [-0.4, -0.2) is 21.8 Å². The van der Waals surface area contributed by atoms with Gasteiger partial charge in [0.2, 0.25) is 5.78 Å². The van der Waals surface area contributed by atoms with Gasteiger partial charge in [-0.05, 0) is 17.5 Å². The molecule has 5 heteroatoms. The van der Waals surface area contributed by atoms with Gasteiger partial charge in [0, 0.05) is 18.6 Å². The van der Waals surface area contributed by atoms with Crippen LogP contribution in [0.4, 0.5) is 0 Å². The maximum Gasteiger partial charge on any atom is 0.371 e. The average Bonchev–Trinajstić information content (AvgIpc) is 2.66. The Morgan fingerprint density at radius 1 is 1.19 bits per heavy atom. The van der Waals surface area contributed by atoms with Crippen molar-refractivity contribution in [3.05, 3.63) is 36.5 Å². The third kappa shape index (κ3) is 3.93. The minimum atomic E-state index is -1.38. The van der Waals surface area contributed by atoms with Gasteiger partial charge < -0.3 is 16.2 Å². The number of aromatic nitrogens is 1. The van der Waals surface area contributed by atoms with Crippen molar-refractivity contribution in [1.82, 2.24) is 11.1 Å². The molecule has 0 bridgehead atoms. The summed E-state index contributed by atoms with van der Waals surface area (Å²) in [7, 11) is 0. The summed E-state index contributed by atoms with van der Waals surface area (Å²) < 4.78 is 0. The molecule has 5 nitrogen and oxygen atoms in total. The third-order valence-electron chi connectivity index (χ3n) is 1.76. The number of benzene rings is 1. The summed E-state index contributed by atoms with van der Waals surface area (Å²) in [6, 6.07) is 10.3. The summed E-state index contributed by atoms with van der Waals surface area (Å²) >= 11 is 0. The Labute approximate surface area is 92.7 Å². The molecule has 1 aromatic carbocycles.